The summed E-state index contributed by atoms with van der Waals surface area (Å²) >= 11 is 0. The van der Waals surface area contributed by atoms with Crippen molar-refractivity contribution in [1.82, 2.24) is 4.90 Å². The summed E-state index contributed by atoms with van der Waals surface area (Å²) in [6.45, 7) is 7.30. The van der Waals surface area contributed by atoms with Crippen molar-refractivity contribution in [2.45, 2.75) is 20.3 Å². The number of likely N-dealkylation sites (tertiary alicyclic amines) is 1. The summed E-state index contributed by atoms with van der Waals surface area (Å²) in [5.41, 5.74) is 0. The van der Waals surface area contributed by atoms with Crippen molar-refractivity contribution in [3.63, 3.8) is 0 Å². The van der Waals surface area contributed by atoms with Crippen LogP contribution in [0.4, 0.5) is 0 Å². The molecule has 0 N–H and O–H groups in total. The SMILES string of the molecule is CCC(C)C1CN(C)C1. The Morgan fingerprint density at radius 2 is 2.11 bits per heavy atom. The van der Waals surface area contributed by atoms with E-state index in [9.17, 15) is 0 Å². The van der Waals surface area contributed by atoms with Gasteiger partial charge < -0.3 is 4.90 Å². The highest BCUT2D eigenvalue weighted by Crippen LogP contribution is 2.23. The van der Waals surface area contributed by atoms with Crippen LogP contribution in [0.15, 0.2) is 0 Å². The molecule has 1 saturated heterocycles. The van der Waals surface area contributed by atoms with Crippen LogP contribution >= 0.6 is 0 Å². The average molecular weight is 127 g/mol. The molecule has 0 saturated carbocycles. The molecule has 1 rings (SSSR count). The zero-order valence-electron chi connectivity index (χ0n) is 6.72. The zero-order valence-corrected chi connectivity index (χ0v) is 6.72. The molecule has 1 heterocycles. The van der Waals surface area contributed by atoms with Gasteiger partial charge in [0.2, 0.25) is 0 Å². The minimum atomic E-state index is 0.946. The van der Waals surface area contributed by atoms with Crippen LogP contribution < -0.4 is 0 Å². The van der Waals surface area contributed by atoms with Gasteiger partial charge in [-0.1, -0.05) is 20.3 Å². The van der Waals surface area contributed by atoms with Gasteiger partial charge in [0.15, 0.2) is 0 Å². The van der Waals surface area contributed by atoms with Gasteiger partial charge >= 0.3 is 0 Å². The fourth-order valence-electron chi connectivity index (χ4n) is 1.44. The summed E-state index contributed by atoms with van der Waals surface area (Å²) in [5, 5.41) is 0. The lowest BCUT2D eigenvalue weighted by molar-refractivity contribution is 0.0882. The van der Waals surface area contributed by atoms with Gasteiger partial charge in [0.1, 0.15) is 0 Å². The van der Waals surface area contributed by atoms with Gasteiger partial charge in [0.25, 0.3) is 0 Å². The Morgan fingerprint density at radius 1 is 1.56 bits per heavy atom. The Hall–Kier alpha value is -0.0400. The predicted molar refractivity (Wildman–Crippen MR) is 40.4 cm³/mol. The van der Waals surface area contributed by atoms with E-state index < -0.39 is 0 Å². The standard InChI is InChI=1S/C8H17N/c1-4-7(2)8-5-9(3)6-8/h7-8H,4-6H2,1-3H3. The van der Waals surface area contributed by atoms with Crippen LogP contribution in [0, 0.1) is 11.8 Å². The maximum Gasteiger partial charge on any atom is 0.00215 e. The number of rotatable bonds is 2. The molecule has 0 radical (unpaired) electrons. The number of nitrogens with zero attached hydrogens (tertiary/aromatic N) is 1. The van der Waals surface area contributed by atoms with Gasteiger partial charge in [-0.2, -0.15) is 0 Å². The van der Waals surface area contributed by atoms with Crippen LogP contribution in [0.3, 0.4) is 0 Å². The Morgan fingerprint density at radius 3 is 2.44 bits per heavy atom. The van der Waals surface area contributed by atoms with Crippen LogP contribution in [0.25, 0.3) is 0 Å². The van der Waals surface area contributed by atoms with E-state index in [0.29, 0.717) is 0 Å². The lowest BCUT2D eigenvalue weighted by Gasteiger charge is -2.39. The Kier molecular flexibility index (Phi) is 2.12. The molecular weight excluding hydrogens is 110 g/mol. The van der Waals surface area contributed by atoms with Gasteiger partial charge in [0.05, 0.1) is 0 Å². The minimum absolute atomic E-state index is 0.946. The molecule has 0 aromatic rings. The summed E-state index contributed by atoms with van der Waals surface area (Å²) in [4.78, 5) is 2.39. The Labute approximate surface area is 58.0 Å². The van der Waals surface area contributed by atoms with E-state index >= 15 is 0 Å². The van der Waals surface area contributed by atoms with Crippen molar-refractivity contribution >= 4 is 0 Å². The van der Waals surface area contributed by atoms with Crippen LogP contribution in [-0.4, -0.2) is 25.0 Å². The highest BCUT2D eigenvalue weighted by molar-refractivity contribution is 4.79. The molecule has 1 aliphatic rings. The van der Waals surface area contributed by atoms with Crippen molar-refractivity contribution in [3.05, 3.63) is 0 Å². The van der Waals surface area contributed by atoms with Crippen molar-refractivity contribution in [3.8, 4) is 0 Å². The minimum Gasteiger partial charge on any atom is -0.306 e. The average Bonchev–Trinajstić information content (AvgIpc) is 1.79. The van der Waals surface area contributed by atoms with Crippen LogP contribution in [0.5, 0.6) is 0 Å². The zero-order chi connectivity index (χ0) is 6.85. The van der Waals surface area contributed by atoms with Crippen molar-refractivity contribution in [2.24, 2.45) is 11.8 Å². The molecule has 1 nitrogen and oxygen atoms in total. The molecule has 0 amide bonds. The second kappa shape index (κ2) is 2.70. The molecule has 1 atom stereocenters. The largest absolute Gasteiger partial charge is 0.306 e. The first-order chi connectivity index (χ1) is 4.24. The second-order valence-corrected chi connectivity index (χ2v) is 3.37. The van der Waals surface area contributed by atoms with E-state index in [2.05, 4.69) is 25.8 Å². The first-order valence-electron chi connectivity index (χ1n) is 3.92. The maximum absolute atomic E-state index is 2.39. The topological polar surface area (TPSA) is 3.24 Å². The summed E-state index contributed by atoms with van der Waals surface area (Å²) in [5.74, 6) is 1.95. The third kappa shape index (κ3) is 1.45. The van der Waals surface area contributed by atoms with Gasteiger partial charge in [-0.3, -0.25) is 0 Å². The maximum atomic E-state index is 2.39. The number of hydrogen-bond acceptors (Lipinski definition) is 1. The highest BCUT2D eigenvalue weighted by atomic mass is 15.2. The summed E-state index contributed by atoms with van der Waals surface area (Å²) < 4.78 is 0. The third-order valence-electron chi connectivity index (χ3n) is 2.54. The van der Waals surface area contributed by atoms with Crippen molar-refractivity contribution < 1.29 is 0 Å². The molecule has 0 spiro atoms. The molecule has 1 aliphatic heterocycles. The van der Waals surface area contributed by atoms with Crippen molar-refractivity contribution in [1.29, 1.82) is 0 Å². The fraction of sp³-hybridized carbons (Fsp3) is 1.00. The van der Waals surface area contributed by atoms with Gasteiger partial charge in [-0.15, -0.1) is 0 Å². The van der Waals surface area contributed by atoms with E-state index in [-0.39, 0.29) is 0 Å². The van der Waals surface area contributed by atoms with Crippen molar-refractivity contribution in [2.75, 3.05) is 20.1 Å². The van der Waals surface area contributed by atoms with Gasteiger partial charge in [0, 0.05) is 13.1 Å². The monoisotopic (exact) mass is 127 g/mol. The van der Waals surface area contributed by atoms with E-state index in [0.717, 1.165) is 11.8 Å². The van der Waals surface area contributed by atoms with Gasteiger partial charge in [-0.05, 0) is 18.9 Å². The lowest BCUT2D eigenvalue weighted by atomic mass is 9.86. The summed E-state index contributed by atoms with van der Waals surface area (Å²) in [6.07, 6.45) is 1.35. The second-order valence-electron chi connectivity index (χ2n) is 3.37. The van der Waals surface area contributed by atoms with Crippen LogP contribution in [0.1, 0.15) is 20.3 Å². The molecule has 0 bridgehead atoms. The first kappa shape index (κ1) is 7.07. The van der Waals surface area contributed by atoms with E-state index in [4.69, 9.17) is 0 Å². The normalized spacial score (nSPS) is 25.7. The van der Waals surface area contributed by atoms with Crippen LogP contribution in [0.2, 0.25) is 0 Å². The first-order valence-corrected chi connectivity index (χ1v) is 3.92. The summed E-state index contributed by atoms with van der Waals surface area (Å²) in [7, 11) is 2.19. The Balaban J connectivity index is 2.15. The highest BCUT2D eigenvalue weighted by Gasteiger charge is 2.26. The Bertz CT molecular complexity index is 84.6. The third-order valence-corrected chi connectivity index (χ3v) is 2.54. The molecule has 54 valence electrons. The predicted octanol–water partition coefficient (Wildman–Crippen LogP) is 1.59. The molecule has 1 fully saturated rings. The smallest absolute Gasteiger partial charge is 0.00215 e. The van der Waals surface area contributed by atoms with E-state index in [1.165, 1.54) is 19.5 Å². The molecule has 0 aromatic carbocycles. The quantitative estimate of drug-likeness (QED) is 0.544. The molecule has 9 heavy (non-hydrogen) atoms. The van der Waals surface area contributed by atoms with E-state index in [1.54, 1.807) is 0 Å². The van der Waals surface area contributed by atoms with E-state index in [1.807, 2.05) is 0 Å². The molecule has 0 aliphatic carbocycles. The molecule has 1 unspecified atom stereocenters. The lowest BCUT2D eigenvalue weighted by Crippen LogP contribution is -2.46. The van der Waals surface area contributed by atoms with Crippen LogP contribution in [-0.2, 0) is 0 Å². The number of hydrogen-bond donors (Lipinski definition) is 0. The van der Waals surface area contributed by atoms with Gasteiger partial charge in [-0.25, -0.2) is 0 Å². The molecule has 1 heteroatoms. The molecular formula is C8H17N. The summed E-state index contributed by atoms with van der Waals surface area (Å²) in [6, 6.07) is 0. The molecule has 0 aromatic heterocycles. The fourth-order valence-corrected chi connectivity index (χ4v) is 1.44.